The third-order valence-corrected chi connectivity index (χ3v) is 7.69. The fourth-order valence-electron chi connectivity index (χ4n) is 2.98. The summed E-state index contributed by atoms with van der Waals surface area (Å²) < 4.78 is 63.8. The molecule has 0 unspecified atom stereocenters. The lowest BCUT2D eigenvalue weighted by Gasteiger charge is -2.28. The second-order valence-electron chi connectivity index (χ2n) is 6.26. The van der Waals surface area contributed by atoms with Crippen molar-refractivity contribution in [2.45, 2.75) is 17.7 Å². The van der Waals surface area contributed by atoms with E-state index in [4.69, 9.17) is 9.47 Å². The molecule has 1 fully saturated rings. The molecular weight excluding hydrogens is 404 g/mol. The molecule has 0 amide bonds. The van der Waals surface area contributed by atoms with E-state index in [0.29, 0.717) is 35.8 Å². The van der Waals surface area contributed by atoms with Crippen LogP contribution in [0.15, 0.2) is 47.4 Å². The number of sulfonamides is 2. The third kappa shape index (κ3) is 4.17. The number of benzene rings is 2. The highest BCUT2D eigenvalue weighted by atomic mass is 32.2. The zero-order valence-electron chi connectivity index (χ0n) is 15.6. The van der Waals surface area contributed by atoms with Crippen LogP contribution in [0, 0.1) is 0 Å². The summed E-state index contributed by atoms with van der Waals surface area (Å²) >= 11 is 0. The minimum absolute atomic E-state index is 0.0282. The second-order valence-corrected chi connectivity index (χ2v) is 9.96. The van der Waals surface area contributed by atoms with Crippen LogP contribution in [0.3, 0.4) is 0 Å². The minimum Gasteiger partial charge on any atom is -0.493 e. The SMILES string of the molecule is COc1ccc(NS(=O)(=O)c2ccc(N3CCCCS3(=O)=O)cc2)cc1OC. The van der Waals surface area contributed by atoms with E-state index >= 15 is 0 Å². The van der Waals surface area contributed by atoms with E-state index in [1.165, 1.54) is 48.9 Å². The fourth-order valence-corrected chi connectivity index (χ4v) is 5.67. The predicted octanol–water partition coefficient (Wildman–Crippen LogP) is 2.43. The Labute approximate surface area is 165 Å². The van der Waals surface area contributed by atoms with Gasteiger partial charge in [-0.05, 0) is 49.2 Å². The Kier molecular flexibility index (Phi) is 5.71. The van der Waals surface area contributed by atoms with Gasteiger partial charge in [-0.15, -0.1) is 0 Å². The van der Waals surface area contributed by atoms with Crippen molar-refractivity contribution in [2.24, 2.45) is 0 Å². The first-order valence-electron chi connectivity index (χ1n) is 8.62. The van der Waals surface area contributed by atoms with Gasteiger partial charge in [0.05, 0.1) is 36.2 Å². The number of methoxy groups -OCH3 is 2. The molecule has 3 rings (SSSR count). The average molecular weight is 427 g/mol. The highest BCUT2D eigenvalue weighted by Crippen LogP contribution is 2.31. The van der Waals surface area contributed by atoms with E-state index < -0.39 is 20.0 Å². The van der Waals surface area contributed by atoms with Crippen LogP contribution >= 0.6 is 0 Å². The van der Waals surface area contributed by atoms with E-state index in [0.717, 1.165) is 6.42 Å². The number of hydrogen-bond acceptors (Lipinski definition) is 6. The van der Waals surface area contributed by atoms with Gasteiger partial charge in [-0.3, -0.25) is 9.03 Å². The smallest absolute Gasteiger partial charge is 0.261 e. The zero-order chi connectivity index (χ0) is 20.4. The van der Waals surface area contributed by atoms with E-state index in [-0.39, 0.29) is 10.6 Å². The number of rotatable bonds is 6. The molecule has 10 heteroatoms. The van der Waals surface area contributed by atoms with Crippen molar-refractivity contribution >= 4 is 31.4 Å². The molecular formula is C18H22N2O6S2. The molecule has 1 N–H and O–H groups in total. The van der Waals surface area contributed by atoms with Gasteiger partial charge < -0.3 is 9.47 Å². The third-order valence-electron chi connectivity index (χ3n) is 4.42. The van der Waals surface area contributed by atoms with E-state index in [9.17, 15) is 16.8 Å². The van der Waals surface area contributed by atoms with Crippen molar-refractivity contribution in [1.82, 2.24) is 0 Å². The van der Waals surface area contributed by atoms with Crippen LogP contribution in [0.25, 0.3) is 0 Å². The number of anilines is 2. The molecule has 0 radical (unpaired) electrons. The summed E-state index contributed by atoms with van der Waals surface area (Å²) in [6.45, 7) is 0.401. The van der Waals surface area contributed by atoms with Crippen LogP contribution in [0.5, 0.6) is 11.5 Å². The van der Waals surface area contributed by atoms with Gasteiger partial charge in [-0.1, -0.05) is 0 Å². The van der Waals surface area contributed by atoms with Gasteiger partial charge in [0.1, 0.15) is 0 Å². The van der Waals surface area contributed by atoms with Gasteiger partial charge in [0.2, 0.25) is 10.0 Å². The van der Waals surface area contributed by atoms with Gasteiger partial charge in [0.25, 0.3) is 10.0 Å². The lowest BCUT2D eigenvalue weighted by molar-refractivity contribution is 0.355. The van der Waals surface area contributed by atoms with Crippen molar-refractivity contribution in [3.8, 4) is 11.5 Å². The number of hydrogen-bond donors (Lipinski definition) is 1. The Balaban J connectivity index is 1.83. The van der Waals surface area contributed by atoms with Gasteiger partial charge in [-0.25, -0.2) is 16.8 Å². The molecule has 0 bridgehead atoms. The molecule has 1 heterocycles. The van der Waals surface area contributed by atoms with Crippen LogP contribution in [0.4, 0.5) is 11.4 Å². The Hall–Kier alpha value is -2.46. The summed E-state index contributed by atoms with van der Waals surface area (Å²) in [6, 6.07) is 10.5. The van der Waals surface area contributed by atoms with Crippen molar-refractivity contribution in [1.29, 1.82) is 0 Å². The molecule has 0 spiro atoms. The van der Waals surface area contributed by atoms with Crippen LogP contribution in [0.2, 0.25) is 0 Å². The zero-order valence-corrected chi connectivity index (χ0v) is 17.2. The Morgan fingerprint density at radius 2 is 1.64 bits per heavy atom. The largest absolute Gasteiger partial charge is 0.493 e. The molecule has 1 saturated heterocycles. The molecule has 0 aromatic heterocycles. The minimum atomic E-state index is -3.85. The summed E-state index contributed by atoms with van der Waals surface area (Å²) in [5.41, 5.74) is 0.783. The summed E-state index contributed by atoms with van der Waals surface area (Å²) in [5, 5.41) is 0. The van der Waals surface area contributed by atoms with Gasteiger partial charge >= 0.3 is 0 Å². The molecule has 0 saturated carbocycles. The molecule has 0 aliphatic carbocycles. The Bertz CT molecular complexity index is 1050. The number of ether oxygens (including phenoxy) is 2. The summed E-state index contributed by atoms with van der Waals surface area (Å²) in [5.74, 6) is 0.986. The molecule has 2 aromatic carbocycles. The molecule has 1 aliphatic heterocycles. The van der Waals surface area contributed by atoms with E-state index in [1.807, 2.05) is 0 Å². The monoisotopic (exact) mass is 426 g/mol. The van der Waals surface area contributed by atoms with Crippen LogP contribution < -0.4 is 18.5 Å². The Morgan fingerprint density at radius 1 is 0.964 bits per heavy atom. The number of nitrogens with zero attached hydrogens (tertiary/aromatic N) is 1. The van der Waals surface area contributed by atoms with Crippen LogP contribution in [-0.4, -0.2) is 43.4 Å². The van der Waals surface area contributed by atoms with Crippen LogP contribution in [-0.2, 0) is 20.0 Å². The Morgan fingerprint density at radius 3 is 2.25 bits per heavy atom. The second kappa shape index (κ2) is 7.88. The molecule has 152 valence electrons. The first-order chi connectivity index (χ1) is 13.3. The maximum atomic E-state index is 12.7. The number of nitrogens with one attached hydrogen (secondary N) is 1. The summed E-state index contributed by atoms with van der Waals surface area (Å²) in [6.07, 6.45) is 1.42. The molecule has 8 nitrogen and oxygen atoms in total. The molecule has 1 aliphatic rings. The summed E-state index contributed by atoms with van der Waals surface area (Å²) in [7, 11) is -4.24. The maximum Gasteiger partial charge on any atom is 0.261 e. The van der Waals surface area contributed by atoms with E-state index in [2.05, 4.69) is 4.72 Å². The lowest BCUT2D eigenvalue weighted by atomic mass is 10.3. The standard InChI is InChI=1S/C18H22N2O6S2/c1-25-17-10-5-14(13-18(17)26-2)19-28(23,24)16-8-6-15(7-9-16)20-11-3-4-12-27(20,21)22/h5-10,13,19H,3-4,11-12H2,1-2H3. The fraction of sp³-hybridized carbons (Fsp3) is 0.333. The van der Waals surface area contributed by atoms with Crippen molar-refractivity contribution in [2.75, 3.05) is 35.5 Å². The molecule has 0 atom stereocenters. The lowest BCUT2D eigenvalue weighted by Crippen LogP contribution is -2.37. The van der Waals surface area contributed by atoms with Gasteiger partial charge in [0, 0.05) is 12.6 Å². The summed E-state index contributed by atoms with van der Waals surface area (Å²) in [4.78, 5) is 0.0282. The maximum absolute atomic E-state index is 12.7. The highest BCUT2D eigenvalue weighted by molar-refractivity contribution is 7.93. The quantitative estimate of drug-likeness (QED) is 0.761. The average Bonchev–Trinajstić information content (AvgIpc) is 2.67. The van der Waals surface area contributed by atoms with Gasteiger partial charge in [0.15, 0.2) is 11.5 Å². The molecule has 2 aromatic rings. The first kappa shape index (κ1) is 20.3. The highest BCUT2D eigenvalue weighted by Gasteiger charge is 2.26. The van der Waals surface area contributed by atoms with Crippen molar-refractivity contribution in [3.63, 3.8) is 0 Å². The van der Waals surface area contributed by atoms with E-state index in [1.54, 1.807) is 12.1 Å². The first-order valence-corrected chi connectivity index (χ1v) is 11.7. The van der Waals surface area contributed by atoms with Crippen molar-refractivity contribution < 1.29 is 26.3 Å². The van der Waals surface area contributed by atoms with Crippen LogP contribution in [0.1, 0.15) is 12.8 Å². The van der Waals surface area contributed by atoms with Crippen molar-refractivity contribution in [3.05, 3.63) is 42.5 Å². The normalized spacial score (nSPS) is 16.4. The predicted molar refractivity (Wildman–Crippen MR) is 107 cm³/mol. The topological polar surface area (TPSA) is 102 Å². The van der Waals surface area contributed by atoms with Gasteiger partial charge in [-0.2, -0.15) is 0 Å². The molecule has 28 heavy (non-hydrogen) atoms.